The van der Waals surface area contributed by atoms with Crippen LogP contribution < -0.4 is 10.5 Å². The molecule has 0 bridgehead atoms. The van der Waals surface area contributed by atoms with Crippen molar-refractivity contribution in [2.45, 2.75) is 6.92 Å². The smallest absolute Gasteiger partial charge is 0.345 e. The number of halogens is 1. The Hall–Kier alpha value is -3.26. The summed E-state index contributed by atoms with van der Waals surface area (Å²) in [7, 11) is 2.07. The molecule has 0 aliphatic carbocycles. The van der Waals surface area contributed by atoms with Crippen molar-refractivity contribution in [3.63, 3.8) is 0 Å². The first-order valence-electron chi connectivity index (χ1n) is 9.50. The summed E-state index contributed by atoms with van der Waals surface area (Å²) in [4.78, 5) is 25.6. The average Bonchev–Trinajstić information content (AvgIpc) is 3.10. The molecule has 1 aromatic carbocycles. The largest absolute Gasteiger partial charge is 0.422 e. The standard InChI is InChI=1S/C21H20FN5O2/c1-13-11-27-12-18(24-20(27)10-23-13)16-9-15-17(22)7-14(8-19(15)29-21(16)28)26-5-3-25(2)4-6-26/h7-12H,3-6H2,1-2H3. The van der Waals surface area contributed by atoms with Gasteiger partial charge in [0.25, 0.3) is 0 Å². The van der Waals surface area contributed by atoms with E-state index in [1.807, 2.05) is 13.1 Å². The zero-order chi connectivity index (χ0) is 20.1. The van der Waals surface area contributed by atoms with Gasteiger partial charge in [0, 0.05) is 50.3 Å². The highest BCUT2D eigenvalue weighted by Crippen LogP contribution is 2.28. The lowest BCUT2D eigenvalue weighted by Gasteiger charge is -2.34. The molecule has 4 heterocycles. The Morgan fingerprint density at radius 3 is 2.69 bits per heavy atom. The predicted molar refractivity (Wildman–Crippen MR) is 109 cm³/mol. The van der Waals surface area contributed by atoms with Gasteiger partial charge in [-0.05, 0) is 26.1 Å². The lowest BCUT2D eigenvalue weighted by atomic mass is 10.1. The molecule has 29 heavy (non-hydrogen) atoms. The monoisotopic (exact) mass is 393 g/mol. The number of piperazine rings is 1. The minimum atomic E-state index is -0.541. The molecule has 0 saturated carbocycles. The summed E-state index contributed by atoms with van der Waals surface area (Å²) in [5, 5.41) is 0.267. The quantitative estimate of drug-likeness (QED) is 0.488. The van der Waals surface area contributed by atoms with Crippen LogP contribution in [0.5, 0.6) is 0 Å². The van der Waals surface area contributed by atoms with Crippen LogP contribution in [0.15, 0.2) is 46.0 Å². The van der Waals surface area contributed by atoms with Gasteiger partial charge in [0.2, 0.25) is 0 Å². The molecular weight excluding hydrogens is 373 g/mol. The molecule has 148 valence electrons. The van der Waals surface area contributed by atoms with Crippen molar-refractivity contribution in [3.8, 4) is 11.3 Å². The number of aryl methyl sites for hydroxylation is 1. The van der Waals surface area contributed by atoms with Crippen molar-refractivity contribution in [2.24, 2.45) is 0 Å². The van der Waals surface area contributed by atoms with E-state index in [1.54, 1.807) is 22.9 Å². The van der Waals surface area contributed by atoms with Crippen LogP contribution in [0.2, 0.25) is 0 Å². The molecule has 1 saturated heterocycles. The molecule has 1 fully saturated rings. The molecular formula is C21H20FN5O2. The van der Waals surface area contributed by atoms with Crippen LogP contribution in [0, 0.1) is 12.7 Å². The lowest BCUT2D eigenvalue weighted by Crippen LogP contribution is -2.44. The lowest BCUT2D eigenvalue weighted by molar-refractivity contribution is 0.313. The molecule has 0 radical (unpaired) electrons. The van der Waals surface area contributed by atoms with Gasteiger partial charge in [0.15, 0.2) is 5.65 Å². The number of fused-ring (bicyclic) bond motifs is 2. The summed E-state index contributed by atoms with van der Waals surface area (Å²) in [6, 6.07) is 4.77. The second-order valence-electron chi connectivity index (χ2n) is 7.50. The summed E-state index contributed by atoms with van der Waals surface area (Å²) in [5.74, 6) is -0.414. The predicted octanol–water partition coefficient (Wildman–Crippen LogP) is 2.70. The van der Waals surface area contributed by atoms with E-state index in [9.17, 15) is 9.18 Å². The van der Waals surface area contributed by atoms with Gasteiger partial charge in [0.05, 0.1) is 28.5 Å². The highest BCUT2D eigenvalue weighted by atomic mass is 19.1. The minimum Gasteiger partial charge on any atom is -0.422 e. The third kappa shape index (κ3) is 3.15. The number of imidazole rings is 1. The van der Waals surface area contributed by atoms with E-state index in [-0.39, 0.29) is 16.5 Å². The second kappa shape index (κ2) is 6.66. The maximum Gasteiger partial charge on any atom is 0.345 e. The molecule has 5 rings (SSSR count). The van der Waals surface area contributed by atoms with Crippen LogP contribution >= 0.6 is 0 Å². The van der Waals surface area contributed by atoms with Crippen LogP contribution in [-0.2, 0) is 0 Å². The first-order chi connectivity index (χ1) is 14.0. The van der Waals surface area contributed by atoms with Gasteiger partial charge in [-0.25, -0.2) is 14.2 Å². The van der Waals surface area contributed by atoms with Gasteiger partial charge in [0.1, 0.15) is 11.4 Å². The van der Waals surface area contributed by atoms with Gasteiger partial charge in [-0.3, -0.25) is 4.98 Å². The maximum atomic E-state index is 14.9. The number of aromatic nitrogens is 3. The summed E-state index contributed by atoms with van der Waals surface area (Å²) >= 11 is 0. The second-order valence-corrected chi connectivity index (χ2v) is 7.50. The van der Waals surface area contributed by atoms with E-state index in [1.165, 1.54) is 12.1 Å². The zero-order valence-electron chi connectivity index (χ0n) is 16.2. The summed E-state index contributed by atoms with van der Waals surface area (Å²) in [5.41, 5.74) is 2.52. The van der Waals surface area contributed by atoms with Crippen molar-refractivity contribution in [1.29, 1.82) is 0 Å². The fraction of sp³-hybridized carbons (Fsp3) is 0.286. The van der Waals surface area contributed by atoms with Crippen LogP contribution in [0.25, 0.3) is 27.9 Å². The number of benzene rings is 1. The summed E-state index contributed by atoms with van der Waals surface area (Å²) < 4.78 is 22.2. The Kier molecular flexibility index (Phi) is 4.09. The molecule has 0 N–H and O–H groups in total. The van der Waals surface area contributed by atoms with Crippen LogP contribution in [0.1, 0.15) is 5.69 Å². The SMILES string of the molecule is Cc1cn2cc(-c3cc4c(F)cc(N5CCN(C)CC5)cc4oc3=O)nc2cn1. The van der Waals surface area contributed by atoms with Crippen LogP contribution in [-0.4, -0.2) is 52.5 Å². The first-order valence-corrected chi connectivity index (χ1v) is 9.50. The van der Waals surface area contributed by atoms with Gasteiger partial charge in [-0.2, -0.15) is 0 Å². The fourth-order valence-corrected chi connectivity index (χ4v) is 3.72. The highest BCUT2D eigenvalue weighted by molar-refractivity contribution is 5.85. The molecule has 8 heteroatoms. The molecule has 1 aliphatic rings. The number of rotatable bonds is 2. The summed E-state index contributed by atoms with van der Waals surface area (Å²) in [6.45, 7) is 5.29. The average molecular weight is 393 g/mol. The Morgan fingerprint density at radius 1 is 1.10 bits per heavy atom. The third-order valence-electron chi connectivity index (χ3n) is 5.40. The van der Waals surface area contributed by atoms with Gasteiger partial charge in [-0.15, -0.1) is 0 Å². The number of anilines is 1. The normalized spacial score (nSPS) is 15.5. The van der Waals surface area contributed by atoms with E-state index in [2.05, 4.69) is 26.8 Å². The van der Waals surface area contributed by atoms with Crippen LogP contribution in [0.3, 0.4) is 0 Å². The molecule has 4 aromatic rings. The molecule has 0 unspecified atom stereocenters. The van der Waals surface area contributed by atoms with Crippen molar-refractivity contribution < 1.29 is 8.81 Å². The van der Waals surface area contributed by atoms with E-state index >= 15 is 0 Å². The molecule has 7 nitrogen and oxygen atoms in total. The number of likely N-dealkylation sites (N-methyl/N-ethyl adjacent to an activating group) is 1. The first kappa shape index (κ1) is 17.8. The fourth-order valence-electron chi connectivity index (χ4n) is 3.72. The van der Waals surface area contributed by atoms with Crippen molar-refractivity contribution in [1.82, 2.24) is 19.3 Å². The molecule has 3 aromatic heterocycles. The number of hydrogen-bond acceptors (Lipinski definition) is 6. The van der Waals surface area contributed by atoms with Crippen molar-refractivity contribution in [3.05, 3.63) is 58.7 Å². The van der Waals surface area contributed by atoms with Crippen molar-refractivity contribution >= 4 is 22.3 Å². The number of nitrogens with zero attached hydrogens (tertiary/aromatic N) is 5. The Labute approximate surface area is 166 Å². The molecule has 0 amide bonds. The highest BCUT2D eigenvalue weighted by Gasteiger charge is 2.19. The number of hydrogen-bond donors (Lipinski definition) is 0. The zero-order valence-corrected chi connectivity index (χ0v) is 16.2. The molecule has 0 spiro atoms. The topological polar surface area (TPSA) is 66.9 Å². The summed E-state index contributed by atoms with van der Waals surface area (Å²) in [6.07, 6.45) is 5.17. The van der Waals surface area contributed by atoms with E-state index in [4.69, 9.17) is 4.42 Å². The Morgan fingerprint density at radius 2 is 1.90 bits per heavy atom. The molecule has 1 aliphatic heterocycles. The van der Waals surface area contributed by atoms with E-state index in [0.717, 1.165) is 37.6 Å². The Balaban J connectivity index is 1.59. The van der Waals surface area contributed by atoms with Gasteiger partial charge < -0.3 is 18.6 Å². The van der Waals surface area contributed by atoms with E-state index in [0.29, 0.717) is 11.3 Å². The Bertz CT molecular complexity index is 1290. The van der Waals surface area contributed by atoms with Gasteiger partial charge in [-0.1, -0.05) is 0 Å². The van der Waals surface area contributed by atoms with E-state index < -0.39 is 11.4 Å². The van der Waals surface area contributed by atoms with Crippen LogP contribution in [0.4, 0.5) is 10.1 Å². The van der Waals surface area contributed by atoms with Gasteiger partial charge >= 0.3 is 5.63 Å². The minimum absolute atomic E-state index is 0.227. The molecule has 0 atom stereocenters. The third-order valence-corrected chi connectivity index (χ3v) is 5.40. The van der Waals surface area contributed by atoms with Crippen molar-refractivity contribution in [2.75, 3.05) is 38.1 Å². The maximum absolute atomic E-state index is 14.9.